The standard InChI is InChI=1S/C11H9F2NOS/c12-10(13)16-9-3-1-8(2-4-9)11(5-6-11)14-7-15/h1-4,10H,5-6H2. The van der Waals surface area contributed by atoms with Crippen molar-refractivity contribution in [2.45, 2.75) is 29.0 Å². The second-order valence-electron chi connectivity index (χ2n) is 3.64. The molecule has 1 aliphatic carbocycles. The molecule has 0 saturated heterocycles. The summed E-state index contributed by atoms with van der Waals surface area (Å²) in [7, 11) is 0. The van der Waals surface area contributed by atoms with E-state index in [1.165, 1.54) is 0 Å². The fourth-order valence-electron chi connectivity index (χ4n) is 1.62. The van der Waals surface area contributed by atoms with E-state index >= 15 is 0 Å². The van der Waals surface area contributed by atoms with Gasteiger partial charge in [0.05, 0.1) is 5.54 Å². The van der Waals surface area contributed by atoms with Crippen LogP contribution in [0.5, 0.6) is 0 Å². The Morgan fingerprint density at radius 1 is 1.31 bits per heavy atom. The van der Waals surface area contributed by atoms with Crippen molar-refractivity contribution in [3.63, 3.8) is 0 Å². The monoisotopic (exact) mass is 241 g/mol. The molecule has 0 radical (unpaired) electrons. The summed E-state index contributed by atoms with van der Waals surface area (Å²) in [5, 5.41) is 0. The maximum atomic E-state index is 12.1. The fourth-order valence-corrected chi connectivity index (χ4v) is 2.12. The van der Waals surface area contributed by atoms with E-state index < -0.39 is 11.3 Å². The van der Waals surface area contributed by atoms with Crippen LogP contribution < -0.4 is 0 Å². The lowest BCUT2D eigenvalue weighted by molar-refractivity contribution is 0.252. The van der Waals surface area contributed by atoms with Crippen LogP contribution in [0.3, 0.4) is 0 Å². The number of halogens is 2. The Balaban J connectivity index is 2.16. The summed E-state index contributed by atoms with van der Waals surface area (Å²) in [4.78, 5) is 14.5. The maximum Gasteiger partial charge on any atom is 0.288 e. The Bertz CT molecular complexity index is 422. The van der Waals surface area contributed by atoms with Gasteiger partial charge in [-0.3, -0.25) is 0 Å². The largest absolute Gasteiger partial charge is 0.288 e. The second kappa shape index (κ2) is 4.36. The third kappa shape index (κ3) is 2.31. The molecule has 0 atom stereocenters. The molecular weight excluding hydrogens is 232 g/mol. The lowest BCUT2D eigenvalue weighted by Gasteiger charge is -2.08. The molecule has 0 aliphatic heterocycles. The smallest absolute Gasteiger partial charge is 0.211 e. The molecule has 0 heterocycles. The molecular formula is C11H9F2NOS. The topological polar surface area (TPSA) is 29.4 Å². The lowest BCUT2D eigenvalue weighted by atomic mass is 10.1. The molecule has 0 spiro atoms. The third-order valence-corrected chi connectivity index (χ3v) is 3.32. The Morgan fingerprint density at radius 2 is 1.94 bits per heavy atom. The third-order valence-electron chi connectivity index (χ3n) is 2.60. The number of hydrogen-bond donors (Lipinski definition) is 0. The number of carbonyl (C=O) groups excluding carboxylic acids is 1. The normalized spacial score (nSPS) is 16.9. The van der Waals surface area contributed by atoms with Gasteiger partial charge < -0.3 is 0 Å². The minimum absolute atomic E-state index is 0.421. The van der Waals surface area contributed by atoms with Crippen molar-refractivity contribution < 1.29 is 13.6 Å². The van der Waals surface area contributed by atoms with Crippen LogP contribution in [0.2, 0.25) is 0 Å². The van der Waals surface area contributed by atoms with Gasteiger partial charge >= 0.3 is 0 Å². The van der Waals surface area contributed by atoms with Crippen molar-refractivity contribution in [1.82, 2.24) is 0 Å². The van der Waals surface area contributed by atoms with Crippen molar-refractivity contribution in [3.05, 3.63) is 29.8 Å². The molecule has 0 aromatic heterocycles. The number of alkyl halides is 2. The predicted octanol–water partition coefficient (Wildman–Crippen LogP) is 3.33. The van der Waals surface area contributed by atoms with Crippen molar-refractivity contribution >= 4 is 17.8 Å². The Morgan fingerprint density at radius 3 is 2.38 bits per heavy atom. The number of hydrogen-bond acceptors (Lipinski definition) is 3. The molecule has 1 aromatic rings. The van der Waals surface area contributed by atoms with Crippen LogP contribution >= 0.6 is 11.8 Å². The van der Waals surface area contributed by atoms with Crippen molar-refractivity contribution in [2.75, 3.05) is 0 Å². The maximum absolute atomic E-state index is 12.1. The molecule has 2 nitrogen and oxygen atoms in total. The molecule has 0 amide bonds. The fraction of sp³-hybridized carbons (Fsp3) is 0.364. The summed E-state index contributed by atoms with van der Waals surface area (Å²) >= 11 is 0.510. The summed E-state index contributed by atoms with van der Waals surface area (Å²) in [6.07, 6.45) is 3.21. The number of isocyanates is 1. The Kier molecular flexibility index (Phi) is 3.08. The molecule has 1 saturated carbocycles. The highest BCUT2D eigenvalue weighted by molar-refractivity contribution is 7.99. The summed E-state index contributed by atoms with van der Waals surface area (Å²) in [5.74, 6) is -2.41. The number of nitrogens with zero attached hydrogens (tertiary/aromatic N) is 1. The van der Waals surface area contributed by atoms with E-state index in [4.69, 9.17) is 0 Å². The molecule has 1 fully saturated rings. The van der Waals surface area contributed by atoms with E-state index in [2.05, 4.69) is 4.99 Å². The van der Waals surface area contributed by atoms with Crippen LogP contribution in [0, 0.1) is 0 Å². The van der Waals surface area contributed by atoms with Gasteiger partial charge in [0.2, 0.25) is 6.08 Å². The predicted molar refractivity (Wildman–Crippen MR) is 57.3 cm³/mol. The molecule has 16 heavy (non-hydrogen) atoms. The SMILES string of the molecule is O=C=NC1(c2ccc(SC(F)F)cc2)CC1. The molecule has 0 bridgehead atoms. The molecule has 0 N–H and O–H groups in total. The zero-order valence-electron chi connectivity index (χ0n) is 8.32. The first-order chi connectivity index (χ1) is 7.66. The van der Waals surface area contributed by atoms with Gasteiger partial charge in [0, 0.05) is 4.90 Å². The zero-order chi connectivity index (χ0) is 11.6. The van der Waals surface area contributed by atoms with E-state index in [1.807, 2.05) is 0 Å². The first-order valence-electron chi connectivity index (χ1n) is 4.81. The van der Waals surface area contributed by atoms with Crippen LogP contribution in [0.15, 0.2) is 34.2 Å². The molecule has 84 valence electrons. The van der Waals surface area contributed by atoms with Gasteiger partial charge in [-0.1, -0.05) is 23.9 Å². The number of rotatable bonds is 4. The van der Waals surface area contributed by atoms with Crippen LogP contribution in [-0.2, 0) is 10.3 Å². The zero-order valence-corrected chi connectivity index (χ0v) is 9.14. The van der Waals surface area contributed by atoms with Crippen LogP contribution in [-0.4, -0.2) is 11.8 Å². The van der Waals surface area contributed by atoms with Gasteiger partial charge in [-0.2, -0.15) is 13.8 Å². The molecule has 0 unspecified atom stereocenters. The van der Waals surface area contributed by atoms with Crippen LogP contribution in [0.1, 0.15) is 18.4 Å². The quantitative estimate of drug-likeness (QED) is 0.459. The van der Waals surface area contributed by atoms with Crippen LogP contribution in [0.25, 0.3) is 0 Å². The molecule has 1 aromatic carbocycles. The number of aliphatic imine (C=N–C) groups is 1. The minimum atomic E-state index is -2.41. The van der Waals surface area contributed by atoms with Gasteiger partial charge in [-0.15, -0.1) is 0 Å². The lowest BCUT2D eigenvalue weighted by Crippen LogP contribution is -2.01. The number of benzene rings is 1. The molecule has 2 rings (SSSR count). The van der Waals surface area contributed by atoms with Crippen molar-refractivity contribution in [3.8, 4) is 0 Å². The summed E-state index contributed by atoms with van der Waals surface area (Å²) < 4.78 is 24.2. The van der Waals surface area contributed by atoms with E-state index in [0.717, 1.165) is 18.4 Å². The van der Waals surface area contributed by atoms with E-state index in [0.29, 0.717) is 16.7 Å². The average molecular weight is 241 g/mol. The highest BCUT2D eigenvalue weighted by Gasteiger charge is 2.44. The van der Waals surface area contributed by atoms with E-state index in [-0.39, 0.29) is 0 Å². The average Bonchev–Trinajstić information content (AvgIpc) is 2.99. The second-order valence-corrected chi connectivity index (χ2v) is 4.70. The van der Waals surface area contributed by atoms with E-state index in [9.17, 15) is 13.6 Å². The van der Waals surface area contributed by atoms with Crippen molar-refractivity contribution in [1.29, 1.82) is 0 Å². The highest BCUT2D eigenvalue weighted by Crippen LogP contribution is 2.49. The summed E-state index contributed by atoms with van der Waals surface area (Å²) in [6, 6.07) is 6.76. The van der Waals surface area contributed by atoms with Gasteiger partial charge in [0.25, 0.3) is 5.76 Å². The van der Waals surface area contributed by atoms with Crippen molar-refractivity contribution in [2.24, 2.45) is 4.99 Å². The molecule has 1 aliphatic rings. The minimum Gasteiger partial charge on any atom is -0.211 e. The summed E-state index contributed by atoms with van der Waals surface area (Å²) in [5.41, 5.74) is 0.477. The van der Waals surface area contributed by atoms with E-state index in [1.54, 1.807) is 30.3 Å². The number of thioether (sulfide) groups is 1. The van der Waals surface area contributed by atoms with Gasteiger partial charge in [0.1, 0.15) is 0 Å². The Hall–Kier alpha value is -1.19. The summed E-state index contributed by atoms with van der Waals surface area (Å²) in [6.45, 7) is 0. The first-order valence-corrected chi connectivity index (χ1v) is 5.69. The highest BCUT2D eigenvalue weighted by atomic mass is 32.2. The van der Waals surface area contributed by atoms with Gasteiger partial charge in [0.15, 0.2) is 0 Å². The van der Waals surface area contributed by atoms with Gasteiger partial charge in [-0.05, 0) is 30.5 Å². The first kappa shape index (κ1) is 11.3. The molecule has 5 heteroatoms. The Labute approximate surface area is 95.8 Å². The van der Waals surface area contributed by atoms with Crippen LogP contribution in [0.4, 0.5) is 8.78 Å². The van der Waals surface area contributed by atoms with Gasteiger partial charge in [-0.25, -0.2) is 4.79 Å².